The third-order valence-corrected chi connectivity index (χ3v) is 4.93. The molecule has 108 valence electrons. The molecule has 2 heterocycles. The summed E-state index contributed by atoms with van der Waals surface area (Å²) in [6.45, 7) is 3.65. The van der Waals surface area contributed by atoms with E-state index in [-0.39, 0.29) is 17.6 Å². The van der Waals surface area contributed by atoms with E-state index in [1.54, 1.807) is 6.92 Å². The average Bonchev–Trinajstić information content (AvgIpc) is 2.70. The quantitative estimate of drug-likeness (QED) is 0.696. The fraction of sp³-hybridized carbons (Fsp3) is 0.727. The van der Waals surface area contributed by atoms with E-state index in [4.69, 9.17) is 5.73 Å². The predicted octanol–water partition coefficient (Wildman–Crippen LogP) is -0.451. The molecule has 0 spiro atoms. The first-order chi connectivity index (χ1) is 8.94. The number of hydrogen-bond acceptors (Lipinski definition) is 5. The van der Waals surface area contributed by atoms with E-state index in [2.05, 4.69) is 19.8 Å². The van der Waals surface area contributed by atoms with Gasteiger partial charge in [0.2, 0.25) is 0 Å². The normalized spacial score (nSPS) is 21.7. The van der Waals surface area contributed by atoms with E-state index < -0.39 is 10.0 Å². The van der Waals surface area contributed by atoms with Crippen LogP contribution in [0.25, 0.3) is 0 Å². The zero-order valence-corrected chi connectivity index (χ0v) is 12.1. The number of nitrogens with zero attached hydrogens (tertiary/aromatic N) is 2. The van der Waals surface area contributed by atoms with Crippen LogP contribution in [0.15, 0.2) is 5.03 Å². The van der Waals surface area contributed by atoms with Crippen molar-refractivity contribution >= 4 is 10.0 Å². The Hall–Kier alpha value is -0.960. The molecule has 8 heteroatoms. The van der Waals surface area contributed by atoms with Crippen LogP contribution in [0.4, 0.5) is 0 Å². The number of aryl methyl sites for hydroxylation is 1. The molecule has 7 nitrogen and oxygen atoms in total. The van der Waals surface area contributed by atoms with Gasteiger partial charge in [-0.05, 0) is 33.4 Å². The highest BCUT2D eigenvalue weighted by atomic mass is 32.2. The molecule has 0 radical (unpaired) electrons. The van der Waals surface area contributed by atoms with Crippen molar-refractivity contribution in [1.29, 1.82) is 0 Å². The Morgan fingerprint density at radius 2 is 2.32 bits per heavy atom. The van der Waals surface area contributed by atoms with Crippen molar-refractivity contribution in [3.63, 3.8) is 0 Å². The molecular formula is C11H21N5O2S. The molecule has 1 fully saturated rings. The smallest absolute Gasteiger partial charge is 0.260 e. The fourth-order valence-corrected chi connectivity index (χ4v) is 3.90. The lowest BCUT2D eigenvalue weighted by atomic mass is 10.1. The molecule has 1 saturated heterocycles. The molecule has 1 unspecified atom stereocenters. The van der Waals surface area contributed by atoms with Crippen LogP contribution in [0, 0.1) is 6.92 Å². The number of nitrogens with one attached hydrogen (secondary N) is 2. The van der Waals surface area contributed by atoms with Gasteiger partial charge in [-0.2, -0.15) is 5.10 Å². The van der Waals surface area contributed by atoms with Gasteiger partial charge in [-0.3, -0.25) is 5.10 Å². The highest BCUT2D eigenvalue weighted by Gasteiger charge is 2.28. The van der Waals surface area contributed by atoms with E-state index in [1.165, 1.54) is 0 Å². The van der Waals surface area contributed by atoms with Crippen molar-refractivity contribution < 1.29 is 8.42 Å². The Morgan fingerprint density at radius 3 is 2.95 bits per heavy atom. The van der Waals surface area contributed by atoms with Crippen molar-refractivity contribution in [2.45, 2.75) is 37.4 Å². The molecule has 0 aromatic carbocycles. The van der Waals surface area contributed by atoms with Crippen LogP contribution in [0.3, 0.4) is 0 Å². The van der Waals surface area contributed by atoms with Gasteiger partial charge in [0.25, 0.3) is 10.0 Å². The van der Waals surface area contributed by atoms with Crippen LogP contribution in [0.2, 0.25) is 0 Å². The summed E-state index contributed by atoms with van der Waals surface area (Å²) in [4.78, 5) is 2.12. The minimum absolute atomic E-state index is 0.0285. The Kier molecular flexibility index (Phi) is 4.24. The van der Waals surface area contributed by atoms with Gasteiger partial charge < -0.3 is 10.6 Å². The zero-order valence-electron chi connectivity index (χ0n) is 11.3. The van der Waals surface area contributed by atoms with Gasteiger partial charge >= 0.3 is 0 Å². The maximum absolute atomic E-state index is 12.3. The third kappa shape index (κ3) is 3.14. The number of rotatable bonds is 4. The number of piperidine rings is 1. The molecule has 1 aromatic rings. The standard InChI is InChI=1S/C11H21N5O2S/c1-8-10(6-12)11(14-13-8)19(17,18)15-9-4-3-5-16(2)7-9/h9,15H,3-7,12H2,1-2H3,(H,13,14). The summed E-state index contributed by atoms with van der Waals surface area (Å²) in [5.41, 5.74) is 6.84. The summed E-state index contributed by atoms with van der Waals surface area (Å²) in [7, 11) is -1.61. The highest BCUT2D eigenvalue weighted by molar-refractivity contribution is 7.89. The van der Waals surface area contributed by atoms with Crippen LogP contribution in [0.1, 0.15) is 24.1 Å². The van der Waals surface area contributed by atoms with E-state index >= 15 is 0 Å². The maximum atomic E-state index is 12.3. The summed E-state index contributed by atoms with van der Waals surface area (Å²) in [5.74, 6) is 0. The summed E-state index contributed by atoms with van der Waals surface area (Å²) in [6.07, 6.45) is 1.85. The number of likely N-dealkylation sites (N-methyl/N-ethyl adjacent to an activating group) is 1. The number of nitrogens with two attached hydrogens (primary N) is 1. The Balaban J connectivity index is 2.18. The lowest BCUT2D eigenvalue weighted by Gasteiger charge is -2.29. The van der Waals surface area contributed by atoms with Crippen LogP contribution in [0.5, 0.6) is 0 Å². The van der Waals surface area contributed by atoms with Gasteiger partial charge in [-0.1, -0.05) is 0 Å². The third-order valence-electron chi connectivity index (χ3n) is 3.44. The SMILES string of the molecule is Cc1[nH]nc(S(=O)(=O)NC2CCCN(C)C2)c1CN. The molecule has 19 heavy (non-hydrogen) atoms. The number of aromatic amines is 1. The maximum Gasteiger partial charge on any atom is 0.260 e. The molecule has 0 aliphatic carbocycles. The predicted molar refractivity (Wildman–Crippen MR) is 72.1 cm³/mol. The summed E-state index contributed by atoms with van der Waals surface area (Å²) in [6, 6.07) is -0.0635. The Bertz CT molecular complexity index is 539. The van der Waals surface area contributed by atoms with Gasteiger partial charge in [-0.25, -0.2) is 13.1 Å². The molecule has 1 aromatic heterocycles. The topological polar surface area (TPSA) is 104 Å². The monoisotopic (exact) mass is 287 g/mol. The molecule has 1 aliphatic heterocycles. The minimum atomic E-state index is -3.60. The number of sulfonamides is 1. The van der Waals surface area contributed by atoms with E-state index in [9.17, 15) is 8.42 Å². The molecular weight excluding hydrogens is 266 g/mol. The first-order valence-corrected chi connectivity index (χ1v) is 7.87. The van der Waals surface area contributed by atoms with Crippen molar-refractivity contribution in [1.82, 2.24) is 19.8 Å². The van der Waals surface area contributed by atoms with E-state index in [0.29, 0.717) is 11.3 Å². The molecule has 0 saturated carbocycles. The van der Waals surface area contributed by atoms with Crippen LogP contribution in [-0.2, 0) is 16.6 Å². The lowest BCUT2D eigenvalue weighted by molar-refractivity contribution is 0.242. The number of hydrogen-bond donors (Lipinski definition) is 3. The largest absolute Gasteiger partial charge is 0.326 e. The molecule has 4 N–H and O–H groups in total. The number of likely N-dealkylation sites (tertiary alicyclic amines) is 1. The van der Waals surface area contributed by atoms with E-state index in [1.807, 2.05) is 7.05 Å². The second kappa shape index (κ2) is 5.58. The first kappa shape index (κ1) is 14.4. The van der Waals surface area contributed by atoms with Crippen molar-refractivity contribution in [2.75, 3.05) is 20.1 Å². The van der Waals surface area contributed by atoms with E-state index in [0.717, 1.165) is 25.9 Å². The summed E-state index contributed by atoms with van der Waals surface area (Å²) < 4.78 is 27.4. The molecule has 0 bridgehead atoms. The minimum Gasteiger partial charge on any atom is -0.326 e. The second-order valence-corrected chi connectivity index (χ2v) is 6.69. The summed E-state index contributed by atoms with van der Waals surface area (Å²) in [5, 5.41) is 6.58. The van der Waals surface area contributed by atoms with Gasteiger partial charge in [0.1, 0.15) is 0 Å². The number of H-pyrrole nitrogens is 1. The molecule has 0 amide bonds. The zero-order chi connectivity index (χ0) is 14.0. The first-order valence-electron chi connectivity index (χ1n) is 6.39. The van der Waals surface area contributed by atoms with Gasteiger partial charge in [0.05, 0.1) is 0 Å². The number of aromatic nitrogens is 2. The van der Waals surface area contributed by atoms with Crippen LogP contribution < -0.4 is 10.5 Å². The van der Waals surface area contributed by atoms with Crippen molar-refractivity contribution in [2.24, 2.45) is 5.73 Å². The summed E-state index contributed by atoms with van der Waals surface area (Å²) >= 11 is 0. The van der Waals surface area contributed by atoms with Crippen molar-refractivity contribution in [3.8, 4) is 0 Å². The van der Waals surface area contributed by atoms with Crippen LogP contribution >= 0.6 is 0 Å². The highest BCUT2D eigenvalue weighted by Crippen LogP contribution is 2.17. The van der Waals surface area contributed by atoms with Gasteiger partial charge in [-0.15, -0.1) is 0 Å². The van der Waals surface area contributed by atoms with Gasteiger partial charge in [0, 0.05) is 30.4 Å². The Labute approximate surface area is 113 Å². The second-order valence-electron chi connectivity index (χ2n) is 5.06. The molecule has 1 atom stereocenters. The Morgan fingerprint density at radius 1 is 1.58 bits per heavy atom. The van der Waals surface area contributed by atoms with Crippen molar-refractivity contribution in [3.05, 3.63) is 11.3 Å². The fourth-order valence-electron chi connectivity index (χ4n) is 2.43. The molecule has 2 rings (SSSR count). The molecule has 1 aliphatic rings. The van der Waals surface area contributed by atoms with Gasteiger partial charge in [0.15, 0.2) is 5.03 Å². The lowest BCUT2D eigenvalue weighted by Crippen LogP contribution is -2.46. The average molecular weight is 287 g/mol. The van der Waals surface area contributed by atoms with Crippen LogP contribution in [-0.4, -0.2) is 49.7 Å².